The SMILES string of the molecule is Bc1c(NC2CCCCCCCCC2)cnn(CC(=O)NCC2CC=NCC2)c1=O. The molecule has 1 fully saturated rings. The Morgan fingerprint density at radius 1 is 1.10 bits per heavy atom. The highest BCUT2D eigenvalue weighted by atomic mass is 16.2. The Kier molecular flexibility index (Phi) is 8.96. The van der Waals surface area contributed by atoms with E-state index in [1.165, 1.54) is 49.6 Å². The maximum Gasteiger partial charge on any atom is 0.262 e. The van der Waals surface area contributed by atoms with Crippen molar-refractivity contribution in [2.24, 2.45) is 10.9 Å². The van der Waals surface area contributed by atoms with Crippen LogP contribution in [0.25, 0.3) is 0 Å². The molecule has 30 heavy (non-hydrogen) atoms. The lowest BCUT2D eigenvalue weighted by Crippen LogP contribution is -2.42. The van der Waals surface area contributed by atoms with Gasteiger partial charge in [-0.1, -0.05) is 44.9 Å². The number of anilines is 1. The predicted octanol–water partition coefficient (Wildman–Crippen LogP) is 1.40. The van der Waals surface area contributed by atoms with Gasteiger partial charge in [-0.15, -0.1) is 0 Å². The standard InChI is InChI=1S/C22H36BN5O2/c23-21-19(27-18-8-6-4-2-1-3-5-7-9-18)15-26-28(22(21)30)16-20(29)25-14-17-10-12-24-13-11-17/h12,15,17-18,27H,1-11,13-14,16,23H2,(H,25,29). The monoisotopic (exact) mass is 413 g/mol. The predicted molar refractivity (Wildman–Crippen MR) is 125 cm³/mol. The van der Waals surface area contributed by atoms with Crippen molar-refractivity contribution in [3.05, 3.63) is 16.6 Å². The number of aromatic nitrogens is 2. The van der Waals surface area contributed by atoms with E-state index in [1.54, 1.807) is 6.20 Å². The van der Waals surface area contributed by atoms with Gasteiger partial charge >= 0.3 is 0 Å². The fraction of sp³-hybridized carbons (Fsp3) is 0.727. The summed E-state index contributed by atoms with van der Waals surface area (Å²) in [6.45, 7) is 1.42. The Bertz CT molecular complexity index is 769. The van der Waals surface area contributed by atoms with E-state index >= 15 is 0 Å². The lowest BCUT2D eigenvalue weighted by molar-refractivity contribution is -0.122. The van der Waals surface area contributed by atoms with Gasteiger partial charge in [0.2, 0.25) is 5.91 Å². The van der Waals surface area contributed by atoms with Crippen LogP contribution < -0.4 is 21.7 Å². The summed E-state index contributed by atoms with van der Waals surface area (Å²) in [6.07, 6.45) is 16.9. The van der Waals surface area contributed by atoms with Crippen LogP contribution in [0.1, 0.15) is 70.6 Å². The minimum absolute atomic E-state index is 0.0375. The molecule has 0 radical (unpaired) electrons. The van der Waals surface area contributed by atoms with Gasteiger partial charge in [0, 0.05) is 24.6 Å². The number of rotatable bonds is 6. The Morgan fingerprint density at radius 2 is 1.80 bits per heavy atom. The van der Waals surface area contributed by atoms with E-state index < -0.39 is 0 Å². The lowest BCUT2D eigenvalue weighted by Gasteiger charge is -2.22. The maximum absolute atomic E-state index is 12.8. The molecule has 1 aliphatic carbocycles. The average Bonchev–Trinajstić information content (AvgIpc) is 2.77. The van der Waals surface area contributed by atoms with Crippen LogP contribution in [-0.4, -0.2) is 48.9 Å². The van der Waals surface area contributed by atoms with Crippen LogP contribution in [0.15, 0.2) is 16.0 Å². The molecule has 1 amide bonds. The van der Waals surface area contributed by atoms with Crippen LogP contribution in [0.2, 0.25) is 0 Å². The molecule has 2 N–H and O–H groups in total. The summed E-state index contributed by atoms with van der Waals surface area (Å²) in [4.78, 5) is 29.3. The van der Waals surface area contributed by atoms with E-state index in [-0.39, 0.29) is 18.0 Å². The van der Waals surface area contributed by atoms with Crippen molar-refractivity contribution in [2.45, 2.75) is 83.2 Å². The molecule has 1 aromatic rings. The number of hydrogen-bond donors (Lipinski definition) is 2. The van der Waals surface area contributed by atoms with Gasteiger partial charge in [0.1, 0.15) is 14.4 Å². The molecule has 0 aromatic carbocycles. The first-order valence-electron chi connectivity index (χ1n) is 11.7. The van der Waals surface area contributed by atoms with Crippen molar-refractivity contribution in [3.63, 3.8) is 0 Å². The zero-order valence-electron chi connectivity index (χ0n) is 18.4. The van der Waals surface area contributed by atoms with Crippen LogP contribution >= 0.6 is 0 Å². The molecular weight excluding hydrogens is 377 g/mol. The summed E-state index contributed by atoms with van der Waals surface area (Å²) >= 11 is 0. The third-order valence-corrected chi connectivity index (χ3v) is 6.37. The van der Waals surface area contributed by atoms with E-state index in [2.05, 4.69) is 20.7 Å². The van der Waals surface area contributed by atoms with Crippen molar-refractivity contribution in [3.8, 4) is 0 Å². The van der Waals surface area contributed by atoms with Crippen LogP contribution in [0.3, 0.4) is 0 Å². The Morgan fingerprint density at radius 3 is 2.47 bits per heavy atom. The Hall–Kier alpha value is -2.12. The quantitative estimate of drug-likeness (QED) is 0.691. The molecule has 8 heteroatoms. The fourth-order valence-electron chi connectivity index (χ4n) is 4.34. The second-order valence-corrected chi connectivity index (χ2v) is 8.82. The van der Waals surface area contributed by atoms with E-state index in [9.17, 15) is 9.59 Å². The number of carbonyl (C=O) groups is 1. The highest BCUT2D eigenvalue weighted by Crippen LogP contribution is 2.19. The fourth-order valence-corrected chi connectivity index (χ4v) is 4.34. The van der Waals surface area contributed by atoms with Gasteiger partial charge in [0.05, 0.1) is 11.9 Å². The minimum atomic E-state index is -0.195. The van der Waals surface area contributed by atoms with Gasteiger partial charge in [-0.05, 0) is 37.8 Å². The number of nitrogens with one attached hydrogen (secondary N) is 2. The van der Waals surface area contributed by atoms with Crippen LogP contribution in [0, 0.1) is 5.92 Å². The highest BCUT2D eigenvalue weighted by Gasteiger charge is 2.16. The zero-order chi connectivity index (χ0) is 21.2. The van der Waals surface area contributed by atoms with Crippen LogP contribution in [-0.2, 0) is 11.3 Å². The average molecular weight is 413 g/mol. The number of carbonyl (C=O) groups excluding carboxylic acids is 1. The topological polar surface area (TPSA) is 88.4 Å². The molecule has 1 aliphatic heterocycles. The van der Waals surface area contributed by atoms with Gasteiger partial charge < -0.3 is 10.6 Å². The normalized spacial score (nSPS) is 21.1. The second-order valence-electron chi connectivity index (χ2n) is 8.82. The molecule has 3 rings (SSSR count). The molecule has 0 spiro atoms. The van der Waals surface area contributed by atoms with Crippen molar-refractivity contribution in [2.75, 3.05) is 18.4 Å². The number of amides is 1. The largest absolute Gasteiger partial charge is 0.381 e. The first-order chi connectivity index (χ1) is 14.6. The van der Waals surface area contributed by atoms with Crippen molar-refractivity contribution < 1.29 is 4.79 Å². The Balaban J connectivity index is 1.55. The molecule has 7 nitrogen and oxygen atoms in total. The summed E-state index contributed by atoms with van der Waals surface area (Å²) < 4.78 is 1.27. The molecule has 1 saturated carbocycles. The summed E-state index contributed by atoms with van der Waals surface area (Å²) in [6, 6.07) is 0.390. The van der Waals surface area contributed by atoms with Crippen LogP contribution in [0.4, 0.5) is 5.69 Å². The van der Waals surface area contributed by atoms with E-state index in [4.69, 9.17) is 0 Å². The molecule has 2 heterocycles. The molecule has 0 bridgehead atoms. The summed E-state index contributed by atoms with van der Waals surface area (Å²) in [5.41, 5.74) is 1.25. The first-order valence-corrected chi connectivity index (χ1v) is 11.7. The van der Waals surface area contributed by atoms with E-state index in [0.717, 1.165) is 37.9 Å². The van der Waals surface area contributed by atoms with E-state index in [0.29, 0.717) is 24.0 Å². The molecule has 0 saturated heterocycles. The van der Waals surface area contributed by atoms with Gasteiger partial charge in [-0.25, -0.2) is 4.68 Å². The molecular formula is C22H36BN5O2. The molecule has 2 aliphatic rings. The van der Waals surface area contributed by atoms with Crippen molar-refractivity contribution in [1.82, 2.24) is 15.1 Å². The second kappa shape index (κ2) is 11.9. The zero-order valence-corrected chi connectivity index (χ0v) is 18.4. The third kappa shape index (κ3) is 6.99. The van der Waals surface area contributed by atoms with Gasteiger partial charge in [-0.2, -0.15) is 5.10 Å². The molecule has 1 atom stereocenters. The van der Waals surface area contributed by atoms with Crippen molar-refractivity contribution in [1.29, 1.82) is 0 Å². The summed E-state index contributed by atoms with van der Waals surface area (Å²) in [7, 11) is 1.82. The number of hydrogen-bond acceptors (Lipinski definition) is 5. The number of aliphatic imine (C=N–C) groups is 1. The first kappa shape index (κ1) is 22.6. The van der Waals surface area contributed by atoms with Gasteiger partial charge in [0.25, 0.3) is 5.56 Å². The summed E-state index contributed by atoms with van der Waals surface area (Å²) in [5.74, 6) is 0.265. The Labute approximate surface area is 180 Å². The van der Waals surface area contributed by atoms with E-state index in [1.807, 2.05) is 14.1 Å². The smallest absolute Gasteiger partial charge is 0.262 e. The van der Waals surface area contributed by atoms with Crippen LogP contribution in [0.5, 0.6) is 0 Å². The van der Waals surface area contributed by atoms with Gasteiger partial charge in [-0.3, -0.25) is 14.6 Å². The number of nitrogens with zero attached hydrogens (tertiary/aromatic N) is 3. The third-order valence-electron chi connectivity index (χ3n) is 6.37. The summed E-state index contributed by atoms with van der Waals surface area (Å²) in [5, 5.41) is 10.8. The lowest BCUT2D eigenvalue weighted by atomic mass is 9.94. The minimum Gasteiger partial charge on any atom is -0.381 e. The van der Waals surface area contributed by atoms with Crippen molar-refractivity contribution >= 4 is 31.1 Å². The highest BCUT2D eigenvalue weighted by molar-refractivity contribution is 6.35. The molecule has 1 unspecified atom stereocenters. The molecule has 1 aromatic heterocycles. The van der Waals surface area contributed by atoms with Gasteiger partial charge in [0.15, 0.2) is 0 Å². The molecule has 164 valence electrons. The maximum atomic E-state index is 12.8.